The molecule has 0 atom stereocenters. The highest BCUT2D eigenvalue weighted by Gasteiger charge is 2.50. The predicted molar refractivity (Wildman–Crippen MR) is 119 cm³/mol. The number of anilines is 1. The molecule has 0 aliphatic carbocycles. The summed E-state index contributed by atoms with van der Waals surface area (Å²) in [5.74, 6) is 0.106. The summed E-state index contributed by atoms with van der Waals surface area (Å²) >= 11 is 0. The van der Waals surface area contributed by atoms with Gasteiger partial charge in [-0.05, 0) is 30.9 Å². The third-order valence-corrected chi connectivity index (χ3v) is 6.09. The number of nitrogens with zero attached hydrogens (tertiary/aromatic N) is 2. The van der Waals surface area contributed by atoms with Crippen LogP contribution < -0.4 is 16.0 Å². The van der Waals surface area contributed by atoms with Crippen LogP contribution in [0.15, 0.2) is 35.3 Å². The van der Waals surface area contributed by atoms with E-state index in [-0.39, 0.29) is 55.4 Å². The lowest BCUT2D eigenvalue weighted by Crippen LogP contribution is -2.47. The number of piperidine rings is 1. The van der Waals surface area contributed by atoms with Crippen molar-refractivity contribution < 1.29 is 26.4 Å². The molecule has 1 aliphatic heterocycles. The van der Waals surface area contributed by atoms with E-state index in [1.807, 2.05) is 6.07 Å². The van der Waals surface area contributed by atoms with Crippen LogP contribution >= 0.6 is 24.0 Å². The fraction of sp³-hybridized carbons (Fsp3) is 0.529. The summed E-state index contributed by atoms with van der Waals surface area (Å²) in [7, 11) is -3.74. The summed E-state index contributed by atoms with van der Waals surface area (Å²) in [6.45, 7) is 0.0239. The molecular weight excluding hydrogens is 538 g/mol. The van der Waals surface area contributed by atoms with Crippen LogP contribution in [0.4, 0.5) is 18.9 Å². The van der Waals surface area contributed by atoms with E-state index in [1.165, 1.54) is 7.05 Å². The Morgan fingerprint density at radius 1 is 1.17 bits per heavy atom. The first-order chi connectivity index (χ1) is 13.6. The Balaban J connectivity index is 0.00000450. The number of guanidine groups is 1. The molecule has 1 aromatic carbocycles. The number of aliphatic imine (C=N–C) groups is 1. The van der Waals surface area contributed by atoms with Crippen molar-refractivity contribution in [2.24, 2.45) is 10.9 Å². The minimum absolute atomic E-state index is 0. The number of alkyl halides is 3. The molecule has 0 spiro atoms. The second kappa shape index (κ2) is 11.7. The Labute approximate surface area is 190 Å². The van der Waals surface area contributed by atoms with E-state index >= 15 is 0 Å². The lowest BCUT2D eigenvalue weighted by atomic mass is 9.98. The second-order valence-corrected chi connectivity index (χ2v) is 8.44. The van der Waals surface area contributed by atoms with Crippen molar-refractivity contribution in [2.45, 2.75) is 18.3 Å². The van der Waals surface area contributed by atoms with Crippen molar-refractivity contribution in [3.63, 3.8) is 0 Å². The molecule has 3 N–H and O–H groups in total. The number of carbonyl (C=O) groups excluding carboxylic acids is 1. The van der Waals surface area contributed by atoms with Gasteiger partial charge in [-0.3, -0.25) is 9.79 Å². The van der Waals surface area contributed by atoms with E-state index in [0.717, 1.165) is 0 Å². The van der Waals surface area contributed by atoms with E-state index in [0.29, 0.717) is 35.3 Å². The molecule has 30 heavy (non-hydrogen) atoms. The van der Waals surface area contributed by atoms with Crippen LogP contribution in [0.25, 0.3) is 0 Å². The predicted octanol–water partition coefficient (Wildman–Crippen LogP) is 1.97. The van der Waals surface area contributed by atoms with Gasteiger partial charge < -0.3 is 16.0 Å². The number of sulfonamides is 1. The largest absolute Gasteiger partial charge is 0.511 e. The van der Waals surface area contributed by atoms with Crippen LogP contribution in [0.3, 0.4) is 0 Å². The molecule has 0 aromatic heterocycles. The maximum atomic E-state index is 12.6. The Morgan fingerprint density at radius 2 is 1.77 bits per heavy atom. The number of hydrogen-bond donors (Lipinski definition) is 3. The molecule has 0 radical (unpaired) electrons. The minimum atomic E-state index is -5.27. The summed E-state index contributed by atoms with van der Waals surface area (Å²) in [4.78, 5) is 15.9. The number of para-hydroxylation sites is 1. The van der Waals surface area contributed by atoms with Gasteiger partial charge in [0, 0.05) is 32.4 Å². The van der Waals surface area contributed by atoms with E-state index < -0.39 is 15.5 Å². The maximum Gasteiger partial charge on any atom is 0.511 e. The number of carbonyl (C=O) groups is 1. The molecule has 0 bridgehead atoms. The van der Waals surface area contributed by atoms with Gasteiger partial charge in [0.25, 0.3) is 0 Å². The number of benzene rings is 1. The summed E-state index contributed by atoms with van der Waals surface area (Å²) < 4.78 is 61.1. The Bertz CT molecular complexity index is 814. The number of nitrogens with one attached hydrogen (secondary N) is 3. The fourth-order valence-electron chi connectivity index (χ4n) is 2.85. The van der Waals surface area contributed by atoms with Gasteiger partial charge in [-0.15, -0.1) is 24.0 Å². The molecule has 1 fully saturated rings. The average molecular weight is 563 g/mol. The monoisotopic (exact) mass is 563 g/mol. The zero-order valence-electron chi connectivity index (χ0n) is 16.3. The van der Waals surface area contributed by atoms with Crippen LogP contribution in [0.1, 0.15) is 12.8 Å². The van der Waals surface area contributed by atoms with Gasteiger partial charge in [0.2, 0.25) is 5.91 Å². The Hall–Kier alpha value is -1.61. The zero-order valence-corrected chi connectivity index (χ0v) is 19.4. The standard InChI is InChI=1S/C17H24F3N5O3S.HI/c1-21-16(23-12-15(26)24-14-5-3-2-4-6-14)22-11-13-7-9-25(10-8-13)29(27,28)17(18,19)20;/h2-6,13H,7-12H2,1H3,(H,24,26)(H2,21,22,23);1H. The highest BCUT2D eigenvalue weighted by atomic mass is 127. The number of amides is 1. The lowest BCUT2D eigenvalue weighted by molar-refractivity contribution is -0.115. The molecule has 170 valence electrons. The van der Waals surface area contributed by atoms with Crippen molar-refractivity contribution in [1.82, 2.24) is 14.9 Å². The molecule has 1 heterocycles. The minimum Gasteiger partial charge on any atom is -0.356 e. The van der Waals surface area contributed by atoms with Crippen LogP contribution in [0, 0.1) is 5.92 Å². The van der Waals surface area contributed by atoms with Gasteiger partial charge in [0.05, 0.1) is 6.54 Å². The highest BCUT2D eigenvalue weighted by molar-refractivity contribution is 14.0. The molecule has 8 nitrogen and oxygen atoms in total. The van der Waals surface area contributed by atoms with Crippen LogP contribution in [0.2, 0.25) is 0 Å². The zero-order chi connectivity index (χ0) is 21.5. The van der Waals surface area contributed by atoms with E-state index in [1.54, 1.807) is 24.3 Å². The summed E-state index contributed by atoms with van der Waals surface area (Å²) in [5, 5.41) is 8.58. The molecule has 1 aliphatic rings. The van der Waals surface area contributed by atoms with Crippen molar-refractivity contribution in [3.05, 3.63) is 30.3 Å². The molecular formula is C17H25F3IN5O3S. The Morgan fingerprint density at radius 3 is 2.30 bits per heavy atom. The van der Waals surface area contributed by atoms with Gasteiger partial charge in [0.1, 0.15) is 0 Å². The number of hydrogen-bond acceptors (Lipinski definition) is 4. The van der Waals surface area contributed by atoms with E-state index in [2.05, 4.69) is 20.9 Å². The summed E-state index contributed by atoms with van der Waals surface area (Å²) in [6, 6.07) is 8.96. The Kier molecular flexibility index (Phi) is 10.3. The van der Waals surface area contributed by atoms with Gasteiger partial charge in [-0.2, -0.15) is 17.5 Å². The molecule has 0 unspecified atom stereocenters. The quantitative estimate of drug-likeness (QED) is 0.279. The van der Waals surface area contributed by atoms with Gasteiger partial charge in [-0.1, -0.05) is 18.2 Å². The normalized spacial score (nSPS) is 16.5. The third kappa shape index (κ3) is 7.58. The fourth-order valence-corrected chi connectivity index (χ4v) is 3.84. The van der Waals surface area contributed by atoms with Gasteiger partial charge >= 0.3 is 15.5 Å². The van der Waals surface area contributed by atoms with Crippen molar-refractivity contribution in [1.29, 1.82) is 0 Å². The SMILES string of the molecule is CN=C(NCC(=O)Nc1ccccc1)NCC1CCN(S(=O)(=O)C(F)(F)F)CC1.I. The van der Waals surface area contributed by atoms with Crippen LogP contribution in [-0.4, -0.2) is 63.3 Å². The highest BCUT2D eigenvalue weighted by Crippen LogP contribution is 2.30. The second-order valence-electron chi connectivity index (χ2n) is 6.51. The van der Waals surface area contributed by atoms with Crippen LogP contribution in [-0.2, 0) is 14.8 Å². The molecule has 1 aromatic rings. The molecule has 2 rings (SSSR count). The van der Waals surface area contributed by atoms with Gasteiger partial charge in [-0.25, -0.2) is 8.42 Å². The number of rotatable bonds is 6. The lowest BCUT2D eigenvalue weighted by Gasteiger charge is -2.31. The maximum absolute atomic E-state index is 12.6. The van der Waals surface area contributed by atoms with Crippen molar-refractivity contribution in [3.8, 4) is 0 Å². The first kappa shape index (κ1) is 26.4. The third-order valence-electron chi connectivity index (χ3n) is 4.46. The average Bonchev–Trinajstić information content (AvgIpc) is 2.68. The van der Waals surface area contributed by atoms with Crippen LogP contribution in [0.5, 0.6) is 0 Å². The molecule has 0 saturated carbocycles. The molecule has 1 amide bonds. The van der Waals surface area contributed by atoms with E-state index in [4.69, 9.17) is 0 Å². The molecule has 1 saturated heterocycles. The summed E-state index contributed by atoms with van der Waals surface area (Å²) in [5.41, 5.74) is -4.60. The summed E-state index contributed by atoms with van der Waals surface area (Å²) in [6.07, 6.45) is 0.599. The van der Waals surface area contributed by atoms with Gasteiger partial charge in [0.15, 0.2) is 5.96 Å². The van der Waals surface area contributed by atoms with E-state index in [9.17, 15) is 26.4 Å². The number of halogens is 4. The molecule has 13 heteroatoms. The van der Waals surface area contributed by atoms with Crippen molar-refractivity contribution >= 4 is 51.6 Å². The smallest absolute Gasteiger partial charge is 0.356 e. The first-order valence-electron chi connectivity index (χ1n) is 8.99. The topological polar surface area (TPSA) is 103 Å². The van der Waals surface area contributed by atoms with Crippen molar-refractivity contribution in [2.75, 3.05) is 38.5 Å². The first-order valence-corrected chi connectivity index (χ1v) is 10.4.